The third kappa shape index (κ3) is 4.94. The molecular weight excluding hydrogens is 292 g/mol. The van der Waals surface area contributed by atoms with Gasteiger partial charge in [0.2, 0.25) is 0 Å². The van der Waals surface area contributed by atoms with Crippen LogP contribution in [-0.2, 0) is 11.3 Å². The van der Waals surface area contributed by atoms with Crippen molar-refractivity contribution in [1.82, 2.24) is 9.80 Å². The molecule has 128 valence electrons. The Bertz CT molecular complexity index is 514. The van der Waals surface area contributed by atoms with Crippen molar-refractivity contribution in [3.05, 3.63) is 35.4 Å². The highest BCUT2D eigenvalue weighted by Crippen LogP contribution is 2.22. The van der Waals surface area contributed by atoms with Gasteiger partial charge in [-0.3, -0.25) is 4.90 Å². The first-order chi connectivity index (χ1) is 10.8. The van der Waals surface area contributed by atoms with E-state index in [1.807, 2.05) is 32.9 Å². The second-order valence-corrected chi connectivity index (χ2v) is 7.08. The van der Waals surface area contributed by atoms with Crippen LogP contribution < -0.4 is 0 Å². The van der Waals surface area contributed by atoms with Crippen LogP contribution in [0.15, 0.2) is 24.3 Å². The number of piperazine rings is 1. The Balaban J connectivity index is 1.89. The highest BCUT2D eigenvalue weighted by atomic mass is 16.6. The molecule has 1 aliphatic heterocycles. The topological polar surface area (TPSA) is 53.0 Å². The summed E-state index contributed by atoms with van der Waals surface area (Å²) >= 11 is 0. The molecule has 1 fully saturated rings. The molecule has 0 radical (unpaired) electrons. The largest absolute Gasteiger partial charge is 0.444 e. The van der Waals surface area contributed by atoms with Crippen molar-refractivity contribution >= 4 is 6.09 Å². The summed E-state index contributed by atoms with van der Waals surface area (Å²) in [6.07, 6.45) is -0.225. The first-order valence-corrected chi connectivity index (χ1v) is 8.22. The molecule has 1 aromatic rings. The predicted molar refractivity (Wildman–Crippen MR) is 90.2 cm³/mol. The van der Waals surface area contributed by atoms with E-state index in [1.54, 1.807) is 4.90 Å². The van der Waals surface area contributed by atoms with Crippen molar-refractivity contribution in [1.29, 1.82) is 0 Å². The van der Waals surface area contributed by atoms with Crippen molar-refractivity contribution < 1.29 is 14.6 Å². The molecule has 2 rings (SSSR count). The zero-order chi connectivity index (χ0) is 17.0. The fourth-order valence-electron chi connectivity index (χ4n) is 2.73. The molecule has 5 nitrogen and oxygen atoms in total. The lowest BCUT2D eigenvalue weighted by molar-refractivity contribution is 0.0110. The van der Waals surface area contributed by atoms with Crippen LogP contribution in [0.1, 0.15) is 44.9 Å². The molecule has 1 unspecified atom stereocenters. The molecule has 0 aromatic heterocycles. The first-order valence-electron chi connectivity index (χ1n) is 8.22. The molecule has 1 N–H and O–H groups in total. The molecule has 0 saturated carbocycles. The van der Waals surface area contributed by atoms with Gasteiger partial charge in [-0.1, -0.05) is 24.3 Å². The van der Waals surface area contributed by atoms with E-state index < -0.39 is 5.60 Å². The monoisotopic (exact) mass is 320 g/mol. The Morgan fingerprint density at radius 3 is 2.22 bits per heavy atom. The Morgan fingerprint density at radius 1 is 1.17 bits per heavy atom. The summed E-state index contributed by atoms with van der Waals surface area (Å²) in [6.45, 7) is 11.0. The molecule has 1 saturated heterocycles. The number of rotatable bonds is 3. The number of carbonyl (C=O) groups excluding carboxylic acids is 1. The van der Waals surface area contributed by atoms with Gasteiger partial charge in [0.25, 0.3) is 0 Å². The van der Waals surface area contributed by atoms with Crippen molar-refractivity contribution in [3.8, 4) is 0 Å². The fourth-order valence-corrected chi connectivity index (χ4v) is 2.73. The molecule has 0 bridgehead atoms. The van der Waals surface area contributed by atoms with Crippen LogP contribution in [0.5, 0.6) is 0 Å². The summed E-state index contributed by atoms with van der Waals surface area (Å²) in [5, 5.41) is 9.12. The average molecular weight is 320 g/mol. The SMILES string of the molecule is CC(c1ccc(CO)cc1)N1CCN(C(=O)OC(C)(C)C)CC1. The number of hydrogen-bond acceptors (Lipinski definition) is 4. The third-order valence-corrected chi connectivity index (χ3v) is 4.16. The smallest absolute Gasteiger partial charge is 0.410 e. The normalized spacial score (nSPS) is 17.9. The summed E-state index contributed by atoms with van der Waals surface area (Å²) in [5.74, 6) is 0. The lowest BCUT2D eigenvalue weighted by Gasteiger charge is -2.38. The summed E-state index contributed by atoms with van der Waals surface area (Å²) < 4.78 is 5.43. The number of nitrogens with zero attached hydrogens (tertiary/aromatic N) is 2. The van der Waals surface area contributed by atoms with E-state index in [0.717, 1.165) is 18.7 Å². The minimum atomic E-state index is -0.448. The van der Waals surface area contributed by atoms with Gasteiger partial charge >= 0.3 is 6.09 Å². The summed E-state index contributed by atoms with van der Waals surface area (Å²) in [6, 6.07) is 8.35. The van der Waals surface area contributed by atoms with Crippen LogP contribution in [0.25, 0.3) is 0 Å². The van der Waals surface area contributed by atoms with E-state index in [-0.39, 0.29) is 12.7 Å². The maximum Gasteiger partial charge on any atom is 0.410 e. The number of aliphatic hydroxyl groups excluding tert-OH is 1. The van der Waals surface area contributed by atoms with Crippen LogP contribution in [0.2, 0.25) is 0 Å². The van der Waals surface area contributed by atoms with Gasteiger partial charge in [-0.15, -0.1) is 0 Å². The highest BCUT2D eigenvalue weighted by Gasteiger charge is 2.27. The lowest BCUT2D eigenvalue weighted by Crippen LogP contribution is -2.50. The van der Waals surface area contributed by atoms with E-state index >= 15 is 0 Å². The number of aliphatic hydroxyl groups is 1. The molecule has 0 spiro atoms. The molecule has 0 aliphatic carbocycles. The molecule has 23 heavy (non-hydrogen) atoms. The number of benzene rings is 1. The van der Waals surface area contributed by atoms with Crippen LogP contribution in [0, 0.1) is 0 Å². The van der Waals surface area contributed by atoms with Gasteiger partial charge in [0, 0.05) is 32.2 Å². The highest BCUT2D eigenvalue weighted by molar-refractivity contribution is 5.68. The van der Waals surface area contributed by atoms with E-state index in [2.05, 4.69) is 24.0 Å². The molecule has 1 amide bonds. The van der Waals surface area contributed by atoms with Gasteiger partial charge in [-0.05, 0) is 38.8 Å². The quantitative estimate of drug-likeness (QED) is 0.930. The Kier molecular flexibility index (Phi) is 5.65. The third-order valence-electron chi connectivity index (χ3n) is 4.16. The maximum atomic E-state index is 12.1. The molecular formula is C18H28N2O3. The van der Waals surface area contributed by atoms with Gasteiger partial charge < -0.3 is 14.7 Å². The van der Waals surface area contributed by atoms with Gasteiger partial charge in [0.05, 0.1) is 6.61 Å². The van der Waals surface area contributed by atoms with Gasteiger partial charge in [-0.2, -0.15) is 0 Å². The number of ether oxygens (including phenoxy) is 1. The standard InChI is InChI=1S/C18H28N2O3/c1-14(16-7-5-15(13-21)6-8-16)19-9-11-20(12-10-19)17(22)23-18(2,3)4/h5-8,14,21H,9-13H2,1-4H3. The van der Waals surface area contributed by atoms with Crippen molar-refractivity contribution in [2.24, 2.45) is 0 Å². The number of amides is 1. The summed E-state index contributed by atoms with van der Waals surface area (Å²) in [7, 11) is 0. The van der Waals surface area contributed by atoms with Crippen LogP contribution in [0.4, 0.5) is 4.79 Å². The van der Waals surface area contributed by atoms with E-state index in [1.165, 1.54) is 5.56 Å². The Morgan fingerprint density at radius 2 is 1.74 bits per heavy atom. The second-order valence-electron chi connectivity index (χ2n) is 7.08. The second kappa shape index (κ2) is 7.32. The van der Waals surface area contributed by atoms with Crippen LogP contribution >= 0.6 is 0 Å². The van der Waals surface area contributed by atoms with Gasteiger partial charge in [-0.25, -0.2) is 4.79 Å². The Hall–Kier alpha value is -1.59. The van der Waals surface area contributed by atoms with Crippen LogP contribution in [0.3, 0.4) is 0 Å². The fraction of sp³-hybridized carbons (Fsp3) is 0.611. The Labute approximate surface area is 138 Å². The number of carbonyl (C=O) groups is 1. The minimum absolute atomic E-state index is 0.0726. The molecule has 1 aliphatic rings. The molecule has 1 atom stereocenters. The lowest BCUT2D eigenvalue weighted by atomic mass is 10.0. The average Bonchev–Trinajstić information content (AvgIpc) is 2.53. The molecule has 5 heteroatoms. The van der Waals surface area contributed by atoms with Gasteiger partial charge in [0.15, 0.2) is 0 Å². The van der Waals surface area contributed by atoms with Crippen molar-refractivity contribution in [2.45, 2.75) is 45.9 Å². The molecule has 1 aromatic carbocycles. The van der Waals surface area contributed by atoms with Gasteiger partial charge in [0.1, 0.15) is 5.60 Å². The summed E-state index contributed by atoms with van der Waals surface area (Å²) in [4.78, 5) is 16.2. The zero-order valence-electron chi connectivity index (χ0n) is 14.6. The number of hydrogen-bond donors (Lipinski definition) is 1. The van der Waals surface area contributed by atoms with E-state index in [4.69, 9.17) is 9.84 Å². The maximum absolute atomic E-state index is 12.1. The van der Waals surface area contributed by atoms with Crippen molar-refractivity contribution in [3.63, 3.8) is 0 Å². The van der Waals surface area contributed by atoms with E-state index in [9.17, 15) is 4.79 Å². The summed E-state index contributed by atoms with van der Waals surface area (Å²) in [5.41, 5.74) is 1.71. The molecule has 1 heterocycles. The predicted octanol–water partition coefficient (Wildman–Crippen LogP) is 2.79. The van der Waals surface area contributed by atoms with E-state index in [0.29, 0.717) is 19.1 Å². The van der Waals surface area contributed by atoms with Crippen molar-refractivity contribution in [2.75, 3.05) is 26.2 Å². The van der Waals surface area contributed by atoms with Crippen LogP contribution in [-0.4, -0.2) is 52.8 Å². The zero-order valence-corrected chi connectivity index (χ0v) is 14.6. The minimum Gasteiger partial charge on any atom is -0.444 e. The first kappa shape index (κ1) is 17.8.